The van der Waals surface area contributed by atoms with E-state index >= 15 is 0 Å². The molecule has 0 aliphatic heterocycles. The highest BCUT2D eigenvalue weighted by atomic mass is 32.1. The van der Waals surface area contributed by atoms with E-state index in [0.29, 0.717) is 17.0 Å². The fourth-order valence-electron chi connectivity index (χ4n) is 3.21. The van der Waals surface area contributed by atoms with Crippen LogP contribution in [0.4, 0.5) is 5.00 Å². The van der Waals surface area contributed by atoms with Gasteiger partial charge in [0.15, 0.2) is 0 Å². The predicted octanol–water partition coefficient (Wildman–Crippen LogP) is 5.09. The number of thiophene rings is 1. The summed E-state index contributed by atoms with van der Waals surface area (Å²) in [5.41, 5.74) is 11.2. The van der Waals surface area contributed by atoms with Crippen LogP contribution in [0.3, 0.4) is 0 Å². The van der Waals surface area contributed by atoms with Crippen LogP contribution in [0.1, 0.15) is 39.9 Å². The number of primary amides is 1. The van der Waals surface area contributed by atoms with Gasteiger partial charge in [-0.15, -0.1) is 11.3 Å². The Labute approximate surface area is 169 Å². The second-order valence-corrected chi connectivity index (χ2v) is 7.80. The van der Waals surface area contributed by atoms with Crippen LogP contribution in [0, 0.1) is 13.8 Å². The van der Waals surface area contributed by atoms with Gasteiger partial charge in [-0.1, -0.05) is 54.1 Å². The Morgan fingerprint density at radius 3 is 2.50 bits per heavy atom. The van der Waals surface area contributed by atoms with Crippen molar-refractivity contribution >= 4 is 28.2 Å². The summed E-state index contributed by atoms with van der Waals surface area (Å²) in [4.78, 5) is 24.5. The van der Waals surface area contributed by atoms with Gasteiger partial charge in [0.05, 0.1) is 5.56 Å². The lowest BCUT2D eigenvalue weighted by molar-refractivity contribution is -0.116. The zero-order chi connectivity index (χ0) is 20.1. The van der Waals surface area contributed by atoms with Crippen molar-refractivity contribution in [3.63, 3.8) is 0 Å². The molecule has 0 fully saturated rings. The van der Waals surface area contributed by atoms with Gasteiger partial charge in [0, 0.05) is 17.4 Å². The average molecular weight is 393 g/mol. The van der Waals surface area contributed by atoms with E-state index in [4.69, 9.17) is 5.73 Å². The van der Waals surface area contributed by atoms with E-state index in [0.717, 1.165) is 35.1 Å². The maximum atomic E-state index is 12.4. The number of amides is 2. The van der Waals surface area contributed by atoms with Crippen molar-refractivity contribution in [2.75, 3.05) is 5.32 Å². The van der Waals surface area contributed by atoms with E-state index in [9.17, 15) is 9.59 Å². The van der Waals surface area contributed by atoms with E-state index in [2.05, 4.69) is 17.4 Å². The molecule has 4 nitrogen and oxygen atoms in total. The molecule has 3 aromatic rings. The number of rotatable bonds is 7. The van der Waals surface area contributed by atoms with Crippen molar-refractivity contribution in [1.29, 1.82) is 0 Å². The number of aryl methyl sites for hydroxylation is 3. The molecule has 0 saturated carbocycles. The van der Waals surface area contributed by atoms with E-state index in [1.165, 1.54) is 16.9 Å². The van der Waals surface area contributed by atoms with Crippen LogP contribution in [0.5, 0.6) is 0 Å². The Kier molecular flexibility index (Phi) is 6.26. The Balaban J connectivity index is 1.73. The summed E-state index contributed by atoms with van der Waals surface area (Å²) < 4.78 is 0. The van der Waals surface area contributed by atoms with Crippen molar-refractivity contribution in [3.05, 3.63) is 76.2 Å². The van der Waals surface area contributed by atoms with Gasteiger partial charge in [-0.3, -0.25) is 9.59 Å². The molecular formula is C23H24N2O2S. The normalized spacial score (nSPS) is 10.6. The number of hydrogen-bond donors (Lipinski definition) is 2. The highest BCUT2D eigenvalue weighted by Crippen LogP contribution is 2.37. The fourth-order valence-corrected chi connectivity index (χ4v) is 4.19. The highest BCUT2D eigenvalue weighted by molar-refractivity contribution is 7.15. The maximum Gasteiger partial charge on any atom is 0.252 e. The molecule has 0 bridgehead atoms. The number of nitrogens with two attached hydrogens (primary N) is 1. The number of nitrogens with one attached hydrogen (secondary N) is 1. The summed E-state index contributed by atoms with van der Waals surface area (Å²) in [5.74, 6) is -0.635. The summed E-state index contributed by atoms with van der Waals surface area (Å²) in [6, 6.07) is 16.2. The Hall–Kier alpha value is -2.92. The molecule has 1 heterocycles. The molecule has 0 saturated heterocycles. The number of carbonyl (C=O) groups is 2. The molecule has 3 N–H and O–H groups in total. The first-order chi connectivity index (χ1) is 13.5. The van der Waals surface area contributed by atoms with E-state index in [-0.39, 0.29) is 5.91 Å². The number of hydrogen-bond acceptors (Lipinski definition) is 3. The molecule has 1 aromatic heterocycles. The fraction of sp³-hybridized carbons (Fsp3) is 0.217. The molecule has 0 radical (unpaired) electrons. The van der Waals surface area contributed by atoms with Crippen molar-refractivity contribution in [1.82, 2.24) is 0 Å². The first-order valence-corrected chi connectivity index (χ1v) is 10.2. The Bertz CT molecular complexity index is 993. The van der Waals surface area contributed by atoms with Gasteiger partial charge in [0.25, 0.3) is 5.91 Å². The molecule has 2 amide bonds. The maximum absolute atomic E-state index is 12.4. The molecule has 0 atom stereocenters. The van der Waals surface area contributed by atoms with E-state index in [1.54, 1.807) is 0 Å². The van der Waals surface area contributed by atoms with Crippen molar-refractivity contribution < 1.29 is 9.59 Å². The first-order valence-electron chi connectivity index (χ1n) is 9.28. The van der Waals surface area contributed by atoms with Gasteiger partial charge < -0.3 is 11.1 Å². The second kappa shape index (κ2) is 8.85. The van der Waals surface area contributed by atoms with Crippen LogP contribution < -0.4 is 11.1 Å². The smallest absolute Gasteiger partial charge is 0.252 e. The van der Waals surface area contributed by atoms with Crippen LogP contribution in [0.15, 0.2) is 53.9 Å². The van der Waals surface area contributed by atoms with Gasteiger partial charge in [-0.2, -0.15) is 0 Å². The van der Waals surface area contributed by atoms with Crippen molar-refractivity contribution in [2.45, 2.75) is 33.1 Å². The summed E-state index contributed by atoms with van der Waals surface area (Å²) >= 11 is 1.34. The van der Waals surface area contributed by atoms with Gasteiger partial charge >= 0.3 is 0 Å². The summed E-state index contributed by atoms with van der Waals surface area (Å²) in [6.45, 7) is 4.01. The largest absolute Gasteiger partial charge is 0.365 e. The molecule has 0 unspecified atom stereocenters. The molecular weight excluding hydrogens is 368 g/mol. The molecule has 0 spiro atoms. The van der Waals surface area contributed by atoms with E-state index in [1.807, 2.05) is 55.6 Å². The minimum atomic E-state index is -0.531. The van der Waals surface area contributed by atoms with Crippen molar-refractivity contribution in [3.8, 4) is 11.1 Å². The standard InChI is InChI=1S/C23H24N2O2S/c1-15-11-12-16(2)18(13-15)19-14-28-23(21(19)22(24)27)25-20(26)10-6-9-17-7-4-3-5-8-17/h3-5,7-8,11-14H,6,9-10H2,1-2H3,(H2,24,27)(H,25,26). The molecule has 5 heteroatoms. The Morgan fingerprint density at radius 1 is 1.04 bits per heavy atom. The summed E-state index contributed by atoms with van der Waals surface area (Å²) in [6.07, 6.45) is 1.98. The summed E-state index contributed by atoms with van der Waals surface area (Å²) in [5, 5.41) is 5.29. The SMILES string of the molecule is Cc1ccc(C)c(-c2csc(NC(=O)CCCc3ccccc3)c2C(N)=O)c1. The third-order valence-electron chi connectivity index (χ3n) is 4.69. The number of anilines is 1. The number of benzene rings is 2. The van der Waals surface area contributed by atoms with E-state index < -0.39 is 5.91 Å². The monoisotopic (exact) mass is 392 g/mol. The van der Waals surface area contributed by atoms with Crippen LogP contribution in [0.2, 0.25) is 0 Å². The second-order valence-electron chi connectivity index (χ2n) is 6.92. The average Bonchev–Trinajstić information content (AvgIpc) is 3.08. The Morgan fingerprint density at radius 2 is 1.79 bits per heavy atom. The lowest BCUT2D eigenvalue weighted by atomic mass is 9.97. The van der Waals surface area contributed by atoms with Crippen molar-refractivity contribution in [2.24, 2.45) is 5.73 Å². The molecule has 28 heavy (non-hydrogen) atoms. The third-order valence-corrected chi connectivity index (χ3v) is 5.58. The van der Waals surface area contributed by atoms with Crippen LogP contribution in [-0.4, -0.2) is 11.8 Å². The molecule has 144 valence electrons. The lowest BCUT2D eigenvalue weighted by Gasteiger charge is -2.09. The van der Waals surface area contributed by atoms with Gasteiger partial charge in [-0.05, 0) is 43.4 Å². The molecule has 0 aliphatic carbocycles. The van der Waals surface area contributed by atoms with Gasteiger partial charge in [-0.25, -0.2) is 0 Å². The summed E-state index contributed by atoms with van der Waals surface area (Å²) in [7, 11) is 0. The minimum Gasteiger partial charge on any atom is -0.365 e. The minimum absolute atomic E-state index is 0.104. The first kappa shape index (κ1) is 19.8. The molecule has 3 rings (SSSR count). The third kappa shape index (κ3) is 4.67. The molecule has 0 aliphatic rings. The van der Waals surface area contributed by atoms with Crippen LogP contribution >= 0.6 is 11.3 Å². The highest BCUT2D eigenvalue weighted by Gasteiger charge is 2.20. The topological polar surface area (TPSA) is 72.2 Å². The predicted molar refractivity (Wildman–Crippen MR) is 116 cm³/mol. The lowest BCUT2D eigenvalue weighted by Crippen LogP contribution is -2.17. The zero-order valence-electron chi connectivity index (χ0n) is 16.1. The zero-order valence-corrected chi connectivity index (χ0v) is 16.9. The quantitative estimate of drug-likeness (QED) is 0.588. The van der Waals surface area contributed by atoms with Gasteiger partial charge in [0.2, 0.25) is 5.91 Å². The van der Waals surface area contributed by atoms with Crippen LogP contribution in [0.25, 0.3) is 11.1 Å². The number of carbonyl (C=O) groups excluding carboxylic acids is 2. The van der Waals surface area contributed by atoms with Crippen LogP contribution in [-0.2, 0) is 11.2 Å². The van der Waals surface area contributed by atoms with Gasteiger partial charge in [0.1, 0.15) is 5.00 Å². The molecule has 2 aromatic carbocycles.